The zero-order valence-corrected chi connectivity index (χ0v) is 8.82. The molecule has 0 unspecified atom stereocenters. The van der Waals surface area contributed by atoms with Gasteiger partial charge in [0.1, 0.15) is 6.54 Å². The van der Waals surface area contributed by atoms with Crippen molar-refractivity contribution in [2.24, 2.45) is 0 Å². The first kappa shape index (κ1) is 12.1. The van der Waals surface area contributed by atoms with E-state index in [0.717, 1.165) is 12.8 Å². The maximum Gasteiger partial charge on any atom is 0.405 e. The smallest absolute Gasteiger partial charge is 0.329 e. The van der Waals surface area contributed by atoms with Crippen LogP contribution < -0.4 is 5.32 Å². The summed E-state index contributed by atoms with van der Waals surface area (Å²) in [5.74, 6) is 0. The summed E-state index contributed by atoms with van der Waals surface area (Å²) in [7, 11) is 0. The van der Waals surface area contributed by atoms with E-state index in [2.05, 4.69) is 0 Å². The maximum absolute atomic E-state index is 11.9. The van der Waals surface area contributed by atoms with Gasteiger partial charge in [0.05, 0.1) is 0 Å². The summed E-state index contributed by atoms with van der Waals surface area (Å²) < 4.78 is 35.6. The predicted octanol–water partition coefficient (Wildman–Crippen LogP) is 2.13. The first-order valence-electron chi connectivity index (χ1n) is 4.85. The highest BCUT2D eigenvalue weighted by atomic mass is 19.4. The van der Waals surface area contributed by atoms with Gasteiger partial charge in [0.25, 0.3) is 0 Å². The second-order valence-corrected chi connectivity index (χ2v) is 4.34. The average Bonchev–Trinajstić information content (AvgIpc) is 2.40. The molecule has 1 N–H and O–H groups in total. The molecule has 3 nitrogen and oxygen atoms in total. The second kappa shape index (κ2) is 3.90. The van der Waals surface area contributed by atoms with Gasteiger partial charge >= 0.3 is 12.2 Å². The fourth-order valence-corrected chi connectivity index (χ4v) is 1.76. The van der Waals surface area contributed by atoms with Gasteiger partial charge in [-0.05, 0) is 26.7 Å². The molecule has 0 spiro atoms. The molecule has 0 radical (unpaired) electrons. The Morgan fingerprint density at radius 3 is 2.47 bits per heavy atom. The largest absolute Gasteiger partial charge is 0.405 e. The number of alkyl halides is 3. The third kappa shape index (κ3) is 3.28. The summed E-state index contributed by atoms with van der Waals surface area (Å²) in [6.07, 6.45) is -2.68. The Bertz CT molecular complexity index is 250. The molecule has 0 aromatic carbocycles. The first-order chi connectivity index (χ1) is 6.72. The van der Waals surface area contributed by atoms with Crippen LogP contribution in [0.4, 0.5) is 18.0 Å². The van der Waals surface area contributed by atoms with Gasteiger partial charge < -0.3 is 10.2 Å². The molecule has 1 fully saturated rings. The number of urea groups is 1. The Hall–Kier alpha value is -0.940. The number of rotatable bonds is 1. The van der Waals surface area contributed by atoms with Crippen LogP contribution in [-0.4, -0.2) is 35.7 Å². The third-order valence-electron chi connectivity index (χ3n) is 2.59. The van der Waals surface area contributed by atoms with E-state index in [1.54, 1.807) is 0 Å². The van der Waals surface area contributed by atoms with Crippen LogP contribution in [0.1, 0.15) is 26.7 Å². The van der Waals surface area contributed by atoms with Crippen LogP contribution >= 0.6 is 0 Å². The molecule has 0 aliphatic carbocycles. The Kier molecular flexibility index (Phi) is 3.16. The lowest BCUT2D eigenvalue weighted by Gasteiger charge is -2.31. The van der Waals surface area contributed by atoms with Crippen LogP contribution in [-0.2, 0) is 0 Å². The van der Waals surface area contributed by atoms with Crippen molar-refractivity contribution in [2.75, 3.05) is 13.1 Å². The molecule has 0 aromatic rings. The lowest BCUT2D eigenvalue weighted by Crippen LogP contribution is -2.49. The van der Waals surface area contributed by atoms with Crippen molar-refractivity contribution in [1.82, 2.24) is 10.2 Å². The van der Waals surface area contributed by atoms with Crippen molar-refractivity contribution >= 4 is 6.03 Å². The topological polar surface area (TPSA) is 32.3 Å². The number of nitrogens with one attached hydrogen (secondary N) is 1. The summed E-state index contributed by atoms with van der Waals surface area (Å²) in [5, 5.41) is 1.88. The van der Waals surface area contributed by atoms with Crippen LogP contribution in [0.25, 0.3) is 0 Å². The van der Waals surface area contributed by atoms with Crippen molar-refractivity contribution in [3.8, 4) is 0 Å². The van der Waals surface area contributed by atoms with E-state index in [-0.39, 0.29) is 5.54 Å². The summed E-state index contributed by atoms with van der Waals surface area (Å²) in [6.45, 7) is 2.97. The SMILES string of the molecule is CC1(C)CCCN1C(=O)NCC(F)(F)F. The van der Waals surface area contributed by atoms with Crippen molar-refractivity contribution in [2.45, 2.75) is 38.4 Å². The lowest BCUT2D eigenvalue weighted by atomic mass is 10.0. The van der Waals surface area contributed by atoms with Crippen LogP contribution in [0.5, 0.6) is 0 Å². The van der Waals surface area contributed by atoms with Gasteiger partial charge in [-0.2, -0.15) is 13.2 Å². The summed E-state index contributed by atoms with van der Waals surface area (Å²) in [6, 6.07) is -0.630. The van der Waals surface area contributed by atoms with Gasteiger partial charge in [0.2, 0.25) is 0 Å². The highest BCUT2D eigenvalue weighted by Crippen LogP contribution is 2.28. The van der Waals surface area contributed by atoms with E-state index in [4.69, 9.17) is 0 Å². The monoisotopic (exact) mass is 224 g/mol. The van der Waals surface area contributed by atoms with Gasteiger partial charge in [-0.1, -0.05) is 0 Å². The Morgan fingerprint density at radius 1 is 1.47 bits per heavy atom. The van der Waals surface area contributed by atoms with Crippen LogP contribution in [0, 0.1) is 0 Å². The van der Waals surface area contributed by atoms with Crippen molar-refractivity contribution in [3.63, 3.8) is 0 Å². The molecule has 2 amide bonds. The van der Waals surface area contributed by atoms with Gasteiger partial charge in [-0.15, -0.1) is 0 Å². The minimum absolute atomic E-state index is 0.338. The highest BCUT2D eigenvalue weighted by Gasteiger charge is 2.37. The molecular weight excluding hydrogens is 209 g/mol. The number of nitrogens with zero attached hydrogens (tertiary/aromatic N) is 1. The third-order valence-corrected chi connectivity index (χ3v) is 2.59. The molecule has 1 rings (SSSR count). The van der Waals surface area contributed by atoms with E-state index in [0.29, 0.717) is 6.54 Å². The molecule has 1 aliphatic heterocycles. The molecular formula is C9H15F3N2O. The number of halogens is 3. The average molecular weight is 224 g/mol. The molecule has 15 heavy (non-hydrogen) atoms. The molecule has 1 heterocycles. The maximum atomic E-state index is 11.9. The Morgan fingerprint density at radius 2 is 2.07 bits per heavy atom. The fraction of sp³-hybridized carbons (Fsp3) is 0.889. The minimum Gasteiger partial charge on any atom is -0.329 e. The fourth-order valence-electron chi connectivity index (χ4n) is 1.76. The van der Waals surface area contributed by atoms with Crippen molar-refractivity contribution in [3.05, 3.63) is 0 Å². The van der Waals surface area contributed by atoms with Crippen LogP contribution in [0.3, 0.4) is 0 Å². The number of likely N-dealkylation sites (tertiary alicyclic amines) is 1. The van der Waals surface area contributed by atoms with Gasteiger partial charge in [0, 0.05) is 12.1 Å². The van der Waals surface area contributed by atoms with Crippen LogP contribution in [0.2, 0.25) is 0 Å². The normalized spacial score (nSPS) is 20.5. The second-order valence-electron chi connectivity index (χ2n) is 4.34. The van der Waals surface area contributed by atoms with E-state index >= 15 is 0 Å². The zero-order chi connectivity index (χ0) is 11.7. The summed E-state index contributed by atoms with van der Waals surface area (Å²) in [5.41, 5.74) is -0.338. The van der Waals surface area contributed by atoms with E-state index in [1.165, 1.54) is 4.90 Å². The number of amides is 2. The van der Waals surface area contributed by atoms with Gasteiger partial charge in [-0.3, -0.25) is 0 Å². The molecule has 0 atom stereocenters. The summed E-state index contributed by atoms with van der Waals surface area (Å²) in [4.78, 5) is 12.9. The summed E-state index contributed by atoms with van der Waals surface area (Å²) >= 11 is 0. The van der Waals surface area contributed by atoms with E-state index < -0.39 is 18.8 Å². The molecule has 88 valence electrons. The van der Waals surface area contributed by atoms with Crippen LogP contribution in [0.15, 0.2) is 0 Å². The number of carbonyl (C=O) groups is 1. The molecule has 1 saturated heterocycles. The Labute approximate surface area is 86.6 Å². The molecule has 0 saturated carbocycles. The van der Waals surface area contributed by atoms with Gasteiger partial charge in [0.15, 0.2) is 0 Å². The van der Waals surface area contributed by atoms with E-state index in [9.17, 15) is 18.0 Å². The highest BCUT2D eigenvalue weighted by molar-refractivity contribution is 5.75. The zero-order valence-electron chi connectivity index (χ0n) is 8.82. The van der Waals surface area contributed by atoms with E-state index in [1.807, 2.05) is 19.2 Å². The quantitative estimate of drug-likeness (QED) is 0.727. The first-order valence-corrected chi connectivity index (χ1v) is 4.85. The van der Waals surface area contributed by atoms with Crippen molar-refractivity contribution < 1.29 is 18.0 Å². The standard InChI is InChI=1S/C9H15F3N2O/c1-8(2)4-3-5-14(8)7(15)13-6-9(10,11)12/h3-6H2,1-2H3,(H,13,15). The number of hydrogen-bond donors (Lipinski definition) is 1. The molecule has 0 aromatic heterocycles. The molecule has 6 heteroatoms. The predicted molar refractivity (Wildman–Crippen MR) is 49.5 cm³/mol. The Balaban J connectivity index is 2.48. The molecule has 1 aliphatic rings. The molecule has 0 bridgehead atoms. The van der Waals surface area contributed by atoms with Crippen molar-refractivity contribution in [1.29, 1.82) is 0 Å². The number of carbonyl (C=O) groups excluding carboxylic acids is 1. The lowest BCUT2D eigenvalue weighted by molar-refractivity contribution is -0.123. The minimum atomic E-state index is -4.35. The van der Waals surface area contributed by atoms with Gasteiger partial charge in [-0.25, -0.2) is 4.79 Å². The number of hydrogen-bond acceptors (Lipinski definition) is 1.